The fourth-order valence-corrected chi connectivity index (χ4v) is 3.17. The van der Waals surface area contributed by atoms with E-state index in [1.54, 1.807) is 0 Å². The summed E-state index contributed by atoms with van der Waals surface area (Å²) in [6.07, 6.45) is 0.167. The molecule has 0 amide bonds. The molecule has 0 saturated carbocycles. The quantitative estimate of drug-likeness (QED) is 0.551. The molecule has 0 fully saturated rings. The van der Waals surface area contributed by atoms with Gasteiger partial charge in [-0.05, 0) is 31.5 Å². The summed E-state index contributed by atoms with van der Waals surface area (Å²) in [6.45, 7) is 3.93. The van der Waals surface area contributed by atoms with Crippen LogP contribution in [0.5, 0.6) is 0 Å². The third kappa shape index (κ3) is 4.15. The van der Waals surface area contributed by atoms with Crippen LogP contribution < -0.4 is 0 Å². The Bertz CT molecular complexity index is 926. The molecule has 2 nitrogen and oxygen atoms in total. The fraction of sp³-hybridized carbons (Fsp3) is 0.167. The van der Waals surface area contributed by atoms with Gasteiger partial charge in [-0.3, -0.25) is 9.59 Å². The number of hydrogen-bond acceptors (Lipinski definition) is 2. The average Bonchev–Trinajstić information content (AvgIpc) is 2.66. The molecule has 0 bridgehead atoms. The van der Waals surface area contributed by atoms with Crippen molar-refractivity contribution in [2.45, 2.75) is 26.2 Å². The molecule has 0 aliphatic carbocycles. The molecule has 0 spiro atoms. The number of aryl methyl sites for hydroxylation is 2. The van der Waals surface area contributed by atoms with Crippen molar-refractivity contribution in [3.63, 3.8) is 0 Å². The summed E-state index contributed by atoms with van der Waals surface area (Å²) in [4.78, 5) is 26.0. The molecule has 0 heterocycles. The van der Waals surface area contributed by atoms with Gasteiger partial charge in [0, 0.05) is 17.5 Å². The third-order valence-electron chi connectivity index (χ3n) is 4.55. The van der Waals surface area contributed by atoms with Crippen molar-refractivity contribution in [3.05, 3.63) is 107 Å². The van der Waals surface area contributed by atoms with Crippen molar-refractivity contribution < 1.29 is 9.59 Å². The van der Waals surface area contributed by atoms with Gasteiger partial charge < -0.3 is 0 Å². The SMILES string of the molecule is Cc1cccc(C(=O)CC(C(=O)c2cccc(C)c2)c2ccccc2)c1. The van der Waals surface area contributed by atoms with Gasteiger partial charge in [0.1, 0.15) is 0 Å². The molecular formula is C24H22O2. The summed E-state index contributed by atoms with van der Waals surface area (Å²) < 4.78 is 0. The zero-order valence-corrected chi connectivity index (χ0v) is 15.1. The lowest BCUT2D eigenvalue weighted by atomic mass is 9.85. The van der Waals surface area contributed by atoms with Gasteiger partial charge in [-0.15, -0.1) is 0 Å². The second kappa shape index (κ2) is 7.92. The van der Waals surface area contributed by atoms with Gasteiger partial charge in [0.2, 0.25) is 0 Å². The zero-order chi connectivity index (χ0) is 18.5. The number of Topliss-reactive ketones (excluding diaryl/α,β-unsaturated/α-hetero) is 2. The Hall–Kier alpha value is -3.00. The number of carbonyl (C=O) groups excluding carboxylic acids is 2. The highest BCUT2D eigenvalue weighted by atomic mass is 16.1. The molecule has 0 aromatic heterocycles. The van der Waals surface area contributed by atoms with Crippen LogP contribution in [0.25, 0.3) is 0 Å². The molecule has 0 aliphatic heterocycles. The first kappa shape index (κ1) is 17.8. The van der Waals surface area contributed by atoms with Gasteiger partial charge in [0.05, 0.1) is 5.92 Å². The first-order valence-electron chi connectivity index (χ1n) is 8.80. The van der Waals surface area contributed by atoms with E-state index in [9.17, 15) is 9.59 Å². The summed E-state index contributed by atoms with van der Waals surface area (Å²) in [6, 6.07) is 24.6. The molecule has 0 N–H and O–H groups in total. The minimum Gasteiger partial charge on any atom is -0.294 e. The topological polar surface area (TPSA) is 34.1 Å². The summed E-state index contributed by atoms with van der Waals surface area (Å²) in [5.41, 5.74) is 4.25. The summed E-state index contributed by atoms with van der Waals surface area (Å²) in [7, 11) is 0. The maximum atomic E-state index is 13.2. The Morgan fingerprint density at radius 1 is 0.731 bits per heavy atom. The van der Waals surface area contributed by atoms with Gasteiger partial charge in [-0.1, -0.05) is 77.9 Å². The Morgan fingerprint density at radius 3 is 1.92 bits per heavy atom. The lowest BCUT2D eigenvalue weighted by Crippen LogP contribution is -2.17. The van der Waals surface area contributed by atoms with E-state index < -0.39 is 5.92 Å². The van der Waals surface area contributed by atoms with Crippen LogP contribution >= 0.6 is 0 Å². The van der Waals surface area contributed by atoms with Crippen molar-refractivity contribution >= 4 is 11.6 Å². The van der Waals surface area contributed by atoms with Crippen LogP contribution in [0.1, 0.15) is 49.7 Å². The minimum atomic E-state index is -0.481. The van der Waals surface area contributed by atoms with E-state index in [2.05, 4.69) is 0 Å². The van der Waals surface area contributed by atoms with E-state index in [0.717, 1.165) is 16.7 Å². The van der Waals surface area contributed by atoms with Gasteiger partial charge in [0.25, 0.3) is 0 Å². The lowest BCUT2D eigenvalue weighted by molar-refractivity contribution is 0.0893. The molecule has 1 atom stereocenters. The second-order valence-corrected chi connectivity index (χ2v) is 6.69. The predicted octanol–water partition coefficient (Wildman–Crippen LogP) is 5.54. The molecule has 3 aromatic carbocycles. The molecule has 1 unspecified atom stereocenters. The number of ketones is 2. The van der Waals surface area contributed by atoms with Crippen LogP contribution in [0.15, 0.2) is 78.9 Å². The van der Waals surface area contributed by atoms with E-state index >= 15 is 0 Å². The number of rotatable bonds is 6. The Kier molecular flexibility index (Phi) is 5.43. The number of carbonyl (C=O) groups is 2. The normalized spacial score (nSPS) is 11.8. The van der Waals surface area contributed by atoms with E-state index in [1.165, 1.54) is 0 Å². The van der Waals surface area contributed by atoms with Crippen molar-refractivity contribution in [3.8, 4) is 0 Å². The standard InChI is InChI=1S/C24H22O2/c1-17-8-6-12-20(14-17)23(25)16-22(19-10-4-3-5-11-19)24(26)21-13-7-9-18(2)15-21/h3-15,22H,16H2,1-2H3. The van der Waals surface area contributed by atoms with Crippen molar-refractivity contribution in [1.29, 1.82) is 0 Å². The molecule has 2 heteroatoms. The van der Waals surface area contributed by atoms with Crippen molar-refractivity contribution in [2.75, 3.05) is 0 Å². The van der Waals surface area contributed by atoms with E-state index in [-0.39, 0.29) is 18.0 Å². The van der Waals surface area contributed by atoms with Crippen molar-refractivity contribution in [2.24, 2.45) is 0 Å². The smallest absolute Gasteiger partial charge is 0.170 e. The summed E-state index contributed by atoms with van der Waals surface area (Å²) in [5.74, 6) is -0.504. The first-order valence-corrected chi connectivity index (χ1v) is 8.80. The van der Waals surface area contributed by atoms with Gasteiger partial charge in [0.15, 0.2) is 11.6 Å². The molecule has 0 aliphatic rings. The van der Waals surface area contributed by atoms with Crippen LogP contribution in [-0.2, 0) is 0 Å². The molecule has 0 radical (unpaired) electrons. The molecule has 130 valence electrons. The Balaban J connectivity index is 1.94. The van der Waals surface area contributed by atoms with Crippen LogP contribution in [0.3, 0.4) is 0 Å². The maximum absolute atomic E-state index is 13.2. The lowest BCUT2D eigenvalue weighted by Gasteiger charge is -2.16. The second-order valence-electron chi connectivity index (χ2n) is 6.69. The summed E-state index contributed by atoms with van der Waals surface area (Å²) >= 11 is 0. The number of hydrogen-bond donors (Lipinski definition) is 0. The molecule has 3 rings (SSSR count). The highest BCUT2D eigenvalue weighted by Gasteiger charge is 2.25. The molecule has 26 heavy (non-hydrogen) atoms. The van der Waals surface area contributed by atoms with Gasteiger partial charge >= 0.3 is 0 Å². The fourth-order valence-electron chi connectivity index (χ4n) is 3.17. The van der Waals surface area contributed by atoms with Gasteiger partial charge in [-0.2, -0.15) is 0 Å². The average molecular weight is 342 g/mol. The Morgan fingerprint density at radius 2 is 1.31 bits per heavy atom. The Labute approximate surface area is 154 Å². The third-order valence-corrected chi connectivity index (χ3v) is 4.55. The van der Waals surface area contributed by atoms with E-state index in [4.69, 9.17) is 0 Å². The monoisotopic (exact) mass is 342 g/mol. The predicted molar refractivity (Wildman–Crippen MR) is 105 cm³/mol. The molecule has 3 aromatic rings. The van der Waals surface area contributed by atoms with E-state index in [0.29, 0.717) is 11.1 Å². The van der Waals surface area contributed by atoms with Crippen LogP contribution in [0, 0.1) is 13.8 Å². The highest BCUT2D eigenvalue weighted by Crippen LogP contribution is 2.27. The molecular weight excluding hydrogens is 320 g/mol. The highest BCUT2D eigenvalue weighted by molar-refractivity contribution is 6.06. The first-order chi connectivity index (χ1) is 12.5. The largest absolute Gasteiger partial charge is 0.294 e. The van der Waals surface area contributed by atoms with Crippen LogP contribution in [-0.4, -0.2) is 11.6 Å². The minimum absolute atomic E-state index is 0.0106. The van der Waals surface area contributed by atoms with E-state index in [1.807, 2.05) is 92.7 Å². The molecule has 0 saturated heterocycles. The maximum Gasteiger partial charge on any atom is 0.170 e. The zero-order valence-electron chi connectivity index (χ0n) is 15.1. The van der Waals surface area contributed by atoms with Crippen LogP contribution in [0.2, 0.25) is 0 Å². The number of benzene rings is 3. The van der Waals surface area contributed by atoms with Crippen molar-refractivity contribution in [1.82, 2.24) is 0 Å². The van der Waals surface area contributed by atoms with Gasteiger partial charge in [-0.25, -0.2) is 0 Å². The van der Waals surface area contributed by atoms with Crippen LogP contribution in [0.4, 0.5) is 0 Å². The summed E-state index contributed by atoms with van der Waals surface area (Å²) in [5, 5.41) is 0.